The first-order valence-corrected chi connectivity index (χ1v) is 10.9. The number of carbonyl (C=O) groups is 2. The zero-order valence-corrected chi connectivity index (χ0v) is 18.5. The highest BCUT2D eigenvalue weighted by atomic mass is 35.5. The summed E-state index contributed by atoms with van der Waals surface area (Å²) in [5.41, 5.74) is 5.74. The van der Waals surface area contributed by atoms with Crippen LogP contribution in [0.4, 0.5) is 11.4 Å². The largest absolute Gasteiger partial charge is 0.322 e. The minimum atomic E-state index is -0.157. The summed E-state index contributed by atoms with van der Waals surface area (Å²) in [6, 6.07) is 18.6. The van der Waals surface area contributed by atoms with Gasteiger partial charge >= 0.3 is 0 Å². The molecule has 5 heteroatoms. The molecule has 1 aliphatic rings. The molecule has 0 unspecified atom stereocenters. The van der Waals surface area contributed by atoms with Crippen LogP contribution >= 0.6 is 11.6 Å². The van der Waals surface area contributed by atoms with E-state index in [1.54, 1.807) is 18.2 Å². The zero-order valence-electron chi connectivity index (χ0n) is 17.7. The van der Waals surface area contributed by atoms with Gasteiger partial charge in [0.25, 0.3) is 11.8 Å². The SMILES string of the molecule is Cc1ccccc1C(=O)Nc1ccc(C(=O)N2CCCCc3cc(Cl)ccc32)c(C)c1. The van der Waals surface area contributed by atoms with E-state index in [0.29, 0.717) is 28.4 Å². The molecule has 3 aromatic carbocycles. The Morgan fingerprint density at radius 3 is 2.48 bits per heavy atom. The van der Waals surface area contributed by atoms with E-state index in [1.807, 2.05) is 61.2 Å². The van der Waals surface area contributed by atoms with E-state index in [1.165, 1.54) is 0 Å². The van der Waals surface area contributed by atoms with Gasteiger partial charge in [0.15, 0.2) is 0 Å². The smallest absolute Gasteiger partial charge is 0.258 e. The number of nitrogens with zero attached hydrogens (tertiary/aromatic N) is 1. The maximum Gasteiger partial charge on any atom is 0.258 e. The Morgan fingerprint density at radius 1 is 0.903 bits per heavy atom. The topological polar surface area (TPSA) is 49.4 Å². The zero-order chi connectivity index (χ0) is 22.0. The maximum absolute atomic E-state index is 13.4. The summed E-state index contributed by atoms with van der Waals surface area (Å²) in [7, 11) is 0. The number of anilines is 2. The number of hydrogen-bond donors (Lipinski definition) is 1. The molecule has 0 atom stereocenters. The number of benzene rings is 3. The van der Waals surface area contributed by atoms with Crippen LogP contribution < -0.4 is 10.2 Å². The van der Waals surface area contributed by atoms with Gasteiger partial charge in [-0.05, 0) is 92.3 Å². The number of rotatable bonds is 3. The van der Waals surface area contributed by atoms with Crippen molar-refractivity contribution < 1.29 is 9.59 Å². The highest BCUT2D eigenvalue weighted by Crippen LogP contribution is 2.31. The molecule has 4 rings (SSSR count). The first kappa shape index (κ1) is 21.1. The molecule has 0 aliphatic carbocycles. The molecule has 0 saturated heterocycles. The van der Waals surface area contributed by atoms with Gasteiger partial charge in [-0.15, -0.1) is 0 Å². The van der Waals surface area contributed by atoms with Crippen LogP contribution in [0.5, 0.6) is 0 Å². The van der Waals surface area contributed by atoms with Gasteiger partial charge in [0, 0.05) is 34.1 Å². The monoisotopic (exact) mass is 432 g/mol. The van der Waals surface area contributed by atoms with Crippen LogP contribution in [0.1, 0.15) is 50.2 Å². The molecule has 31 heavy (non-hydrogen) atoms. The summed E-state index contributed by atoms with van der Waals surface area (Å²) in [6.07, 6.45) is 2.89. The molecule has 0 bridgehead atoms. The van der Waals surface area contributed by atoms with Gasteiger partial charge < -0.3 is 10.2 Å². The van der Waals surface area contributed by atoms with Gasteiger partial charge in [-0.1, -0.05) is 29.8 Å². The Labute approximate surface area is 187 Å². The van der Waals surface area contributed by atoms with Gasteiger partial charge in [-0.25, -0.2) is 0 Å². The van der Waals surface area contributed by atoms with E-state index in [0.717, 1.165) is 41.6 Å². The highest BCUT2D eigenvalue weighted by molar-refractivity contribution is 6.30. The third-order valence-electron chi connectivity index (χ3n) is 5.76. The minimum absolute atomic E-state index is 0.0280. The third kappa shape index (κ3) is 4.49. The van der Waals surface area contributed by atoms with Crippen LogP contribution in [-0.2, 0) is 6.42 Å². The van der Waals surface area contributed by atoms with Crippen LogP contribution in [0.25, 0.3) is 0 Å². The summed E-state index contributed by atoms with van der Waals surface area (Å²) in [5.74, 6) is -0.186. The van der Waals surface area contributed by atoms with E-state index < -0.39 is 0 Å². The Hall–Kier alpha value is -3.11. The molecular formula is C26H25ClN2O2. The van der Waals surface area contributed by atoms with Crippen molar-refractivity contribution in [3.8, 4) is 0 Å². The number of fused-ring (bicyclic) bond motifs is 1. The lowest BCUT2D eigenvalue weighted by molar-refractivity contribution is 0.0985. The number of nitrogens with one attached hydrogen (secondary N) is 1. The van der Waals surface area contributed by atoms with E-state index >= 15 is 0 Å². The highest BCUT2D eigenvalue weighted by Gasteiger charge is 2.24. The van der Waals surface area contributed by atoms with Crippen molar-refractivity contribution in [1.29, 1.82) is 0 Å². The number of aryl methyl sites for hydroxylation is 3. The second-order valence-corrected chi connectivity index (χ2v) is 8.42. The van der Waals surface area contributed by atoms with Crippen LogP contribution in [0.2, 0.25) is 5.02 Å². The molecule has 1 N–H and O–H groups in total. The minimum Gasteiger partial charge on any atom is -0.322 e. The first-order valence-electron chi connectivity index (χ1n) is 10.5. The summed E-state index contributed by atoms with van der Waals surface area (Å²) < 4.78 is 0. The predicted octanol–water partition coefficient (Wildman–Crippen LogP) is 6.19. The summed E-state index contributed by atoms with van der Waals surface area (Å²) in [4.78, 5) is 27.9. The third-order valence-corrected chi connectivity index (χ3v) is 5.99. The molecule has 0 saturated carbocycles. The van der Waals surface area contributed by atoms with Crippen molar-refractivity contribution >= 4 is 34.8 Å². The van der Waals surface area contributed by atoms with Crippen LogP contribution in [0.3, 0.4) is 0 Å². The fourth-order valence-electron chi connectivity index (χ4n) is 4.09. The fraction of sp³-hybridized carbons (Fsp3) is 0.231. The van der Waals surface area contributed by atoms with Crippen LogP contribution in [0, 0.1) is 13.8 Å². The molecule has 0 spiro atoms. The average Bonchev–Trinajstić information content (AvgIpc) is 2.95. The van der Waals surface area contributed by atoms with Crippen molar-refractivity contribution in [3.63, 3.8) is 0 Å². The summed E-state index contributed by atoms with van der Waals surface area (Å²) in [5, 5.41) is 3.63. The Kier molecular flexibility index (Phi) is 6.10. The maximum atomic E-state index is 13.4. The molecule has 1 heterocycles. The second kappa shape index (κ2) is 8.94. The quantitative estimate of drug-likeness (QED) is 0.536. The van der Waals surface area contributed by atoms with Crippen molar-refractivity contribution in [1.82, 2.24) is 0 Å². The van der Waals surface area contributed by atoms with Crippen molar-refractivity contribution in [2.45, 2.75) is 33.1 Å². The van der Waals surface area contributed by atoms with Crippen molar-refractivity contribution in [2.24, 2.45) is 0 Å². The molecule has 4 nitrogen and oxygen atoms in total. The van der Waals surface area contributed by atoms with Gasteiger partial charge in [-0.2, -0.15) is 0 Å². The molecule has 0 aromatic heterocycles. The second-order valence-electron chi connectivity index (χ2n) is 7.99. The lowest BCUT2D eigenvalue weighted by Crippen LogP contribution is -2.32. The molecule has 3 aromatic rings. The Balaban J connectivity index is 1.58. The van der Waals surface area contributed by atoms with Gasteiger partial charge in [0.05, 0.1) is 0 Å². The number of amides is 2. The first-order chi connectivity index (χ1) is 14.9. The van der Waals surface area contributed by atoms with E-state index in [-0.39, 0.29) is 11.8 Å². The lowest BCUT2D eigenvalue weighted by Gasteiger charge is -2.24. The molecule has 2 amide bonds. The fourth-order valence-corrected chi connectivity index (χ4v) is 4.28. The van der Waals surface area contributed by atoms with Gasteiger partial charge in [-0.3, -0.25) is 9.59 Å². The normalized spacial score (nSPS) is 13.3. The summed E-state index contributed by atoms with van der Waals surface area (Å²) in [6.45, 7) is 4.49. The van der Waals surface area contributed by atoms with E-state index in [9.17, 15) is 9.59 Å². The average molecular weight is 433 g/mol. The van der Waals surface area contributed by atoms with Crippen LogP contribution in [-0.4, -0.2) is 18.4 Å². The number of carbonyl (C=O) groups excluding carboxylic acids is 2. The van der Waals surface area contributed by atoms with Crippen molar-refractivity contribution in [2.75, 3.05) is 16.8 Å². The van der Waals surface area contributed by atoms with Crippen molar-refractivity contribution in [3.05, 3.63) is 93.5 Å². The van der Waals surface area contributed by atoms with E-state index in [2.05, 4.69) is 5.32 Å². The molecule has 1 aliphatic heterocycles. The molecule has 0 fully saturated rings. The number of hydrogen-bond acceptors (Lipinski definition) is 2. The standard InChI is InChI=1S/C26H25ClN2O2/c1-17-7-3-4-9-22(17)25(30)28-21-11-12-23(18(2)15-21)26(31)29-14-6-5-8-19-16-20(27)10-13-24(19)29/h3-4,7,9-13,15-16H,5-6,8,14H2,1-2H3,(H,28,30). The lowest BCUT2D eigenvalue weighted by atomic mass is 10.0. The van der Waals surface area contributed by atoms with Crippen LogP contribution in [0.15, 0.2) is 60.7 Å². The Morgan fingerprint density at radius 2 is 1.71 bits per heavy atom. The summed E-state index contributed by atoms with van der Waals surface area (Å²) >= 11 is 6.17. The van der Waals surface area contributed by atoms with Gasteiger partial charge in [0.1, 0.15) is 0 Å². The molecule has 158 valence electrons. The van der Waals surface area contributed by atoms with Gasteiger partial charge in [0.2, 0.25) is 0 Å². The Bertz CT molecular complexity index is 1160. The molecule has 0 radical (unpaired) electrons. The predicted molar refractivity (Wildman–Crippen MR) is 126 cm³/mol. The number of halogens is 1. The van der Waals surface area contributed by atoms with E-state index in [4.69, 9.17) is 11.6 Å². The molecular weight excluding hydrogens is 408 g/mol.